The monoisotopic (exact) mass is 300 g/mol. The number of hydrogen-bond donors (Lipinski definition) is 1. The Morgan fingerprint density at radius 2 is 1.86 bits per heavy atom. The van der Waals surface area contributed by atoms with Gasteiger partial charge in [0.25, 0.3) is 5.91 Å². The molecule has 2 aromatic rings. The summed E-state index contributed by atoms with van der Waals surface area (Å²) in [7, 11) is 1.43. The molecule has 1 aliphatic rings. The zero-order valence-electron chi connectivity index (χ0n) is 11.3. The Labute approximate surface area is 127 Å². The molecule has 0 saturated heterocycles. The molecular formula is C16H13ClN2O2. The fourth-order valence-corrected chi connectivity index (χ4v) is 2.81. The molecule has 0 saturated carbocycles. The van der Waals surface area contributed by atoms with Crippen LogP contribution in [0.5, 0.6) is 0 Å². The van der Waals surface area contributed by atoms with Crippen molar-refractivity contribution in [2.45, 2.75) is 6.04 Å². The van der Waals surface area contributed by atoms with Gasteiger partial charge < -0.3 is 4.74 Å². The van der Waals surface area contributed by atoms with Gasteiger partial charge in [0.15, 0.2) is 0 Å². The average Bonchev–Trinajstić information content (AvgIpc) is 2.80. The Morgan fingerprint density at radius 1 is 1.19 bits per heavy atom. The van der Waals surface area contributed by atoms with Gasteiger partial charge in [0.2, 0.25) is 5.90 Å². The number of amides is 1. The lowest BCUT2D eigenvalue weighted by molar-refractivity contribution is 0.0993. The third-order valence-electron chi connectivity index (χ3n) is 3.54. The number of rotatable bonds is 2. The first-order valence-electron chi connectivity index (χ1n) is 6.44. The summed E-state index contributed by atoms with van der Waals surface area (Å²) in [6, 6.07) is 13.8. The fraction of sp³-hybridized carbons (Fsp3) is 0.125. The van der Waals surface area contributed by atoms with E-state index < -0.39 is 6.04 Å². The Hall–Kier alpha value is -2.33. The molecule has 2 aromatic carbocycles. The summed E-state index contributed by atoms with van der Waals surface area (Å²) in [5, 5.41) is 8.51. The highest BCUT2D eigenvalue weighted by Crippen LogP contribution is 2.40. The second-order valence-electron chi connectivity index (χ2n) is 4.68. The maximum atomic E-state index is 12.7. The molecule has 21 heavy (non-hydrogen) atoms. The fourth-order valence-electron chi connectivity index (χ4n) is 2.58. The summed E-state index contributed by atoms with van der Waals surface area (Å²) in [6.45, 7) is 0. The van der Waals surface area contributed by atoms with Crippen LogP contribution >= 0.6 is 11.6 Å². The molecule has 0 aliphatic carbocycles. The first-order chi connectivity index (χ1) is 10.1. The van der Waals surface area contributed by atoms with Crippen LogP contribution in [0.2, 0.25) is 5.02 Å². The number of fused-ring (bicyclic) bond motifs is 1. The second kappa shape index (κ2) is 5.22. The van der Waals surface area contributed by atoms with Crippen molar-refractivity contribution in [2.75, 3.05) is 12.0 Å². The number of ether oxygens (including phenoxy) is 1. The first-order valence-corrected chi connectivity index (χ1v) is 6.82. The number of carbonyl (C=O) groups excluding carboxylic acids is 1. The van der Waals surface area contributed by atoms with Crippen molar-refractivity contribution in [1.82, 2.24) is 0 Å². The van der Waals surface area contributed by atoms with Crippen molar-refractivity contribution >= 4 is 29.1 Å². The molecule has 0 bridgehead atoms. The maximum Gasteiger partial charge on any atom is 0.259 e. The number of nitrogens with one attached hydrogen (secondary N) is 1. The van der Waals surface area contributed by atoms with Crippen molar-refractivity contribution < 1.29 is 9.53 Å². The largest absolute Gasteiger partial charge is 0.483 e. The van der Waals surface area contributed by atoms with Crippen molar-refractivity contribution in [1.29, 1.82) is 5.41 Å². The van der Waals surface area contributed by atoms with Gasteiger partial charge in [0.05, 0.1) is 17.8 Å². The van der Waals surface area contributed by atoms with E-state index >= 15 is 0 Å². The Bertz CT molecular complexity index is 730. The van der Waals surface area contributed by atoms with Crippen molar-refractivity contribution in [2.24, 2.45) is 0 Å². The molecule has 0 radical (unpaired) electrons. The minimum atomic E-state index is -0.585. The van der Waals surface area contributed by atoms with Gasteiger partial charge in [-0.1, -0.05) is 41.9 Å². The van der Waals surface area contributed by atoms with Crippen LogP contribution in [0.15, 0.2) is 48.5 Å². The van der Waals surface area contributed by atoms with Crippen LogP contribution in [-0.4, -0.2) is 18.9 Å². The number of methoxy groups -OCH3 is 1. The number of carbonyl (C=O) groups is 1. The van der Waals surface area contributed by atoms with E-state index in [9.17, 15) is 4.79 Å². The lowest BCUT2D eigenvalue weighted by Gasteiger charge is -2.25. The third kappa shape index (κ3) is 2.08. The van der Waals surface area contributed by atoms with Gasteiger partial charge in [-0.2, -0.15) is 0 Å². The second-order valence-corrected chi connectivity index (χ2v) is 5.09. The summed E-state index contributed by atoms with van der Waals surface area (Å²) < 4.78 is 5.08. The maximum absolute atomic E-state index is 12.7. The van der Waals surface area contributed by atoms with Crippen LogP contribution in [0.3, 0.4) is 0 Å². The van der Waals surface area contributed by atoms with E-state index in [1.165, 1.54) is 12.0 Å². The van der Waals surface area contributed by atoms with Crippen LogP contribution in [0.25, 0.3) is 0 Å². The lowest BCUT2D eigenvalue weighted by Crippen LogP contribution is -2.33. The molecule has 1 heterocycles. The molecule has 1 amide bonds. The predicted octanol–water partition coefficient (Wildman–Crippen LogP) is 3.67. The first kappa shape index (κ1) is 13.6. The zero-order chi connectivity index (χ0) is 15.0. The number of para-hydroxylation sites is 1. The number of nitrogens with zero attached hydrogens (tertiary/aromatic N) is 1. The lowest BCUT2D eigenvalue weighted by atomic mass is 10.0. The van der Waals surface area contributed by atoms with Crippen LogP contribution in [-0.2, 0) is 4.74 Å². The van der Waals surface area contributed by atoms with Crippen molar-refractivity contribution in [3.05, 3.63) is 64.7 Å². The predicted molar refractivity (Wildman–Crippen MR) is 82.2 cm³/mol. The van der Waals surface area contributed by atoms with E-state index in [1.807, 2.05) is 18.2 Å². The molecule has 4 nitrogen and oxygen atoms in total. The summed E-state index contributed by atoms with van der Waals surface area (Å²) in [5.74, 6) is -0.168. The van der Waals surface area contributed by atoms with E-state index in [2.05, 4.69) is 0 Å². The van der Waals surface area contributed by atoms with E-state index in [4.69, 9.17) is 21.7 Å². The summed E-state index contributed by atoms with van der Waals surface area (Å²) in [6.07, 6.45) is 0. The van der Waals surface area contributed by atoms with Crippen LogP contribution in [0, 0.1) is 5.41 Å². The summed E-state index contributed by atoms with van der Waals surface area (Å²) in [5.41, 5.74) is 1.91. The molecule has 3 rings (SSSR count). The molecule has 0 spiro atoms. The highest BCUT2D eigenvalue weighted by Gasteiger charge is 2.41. The Kier molecular flexibility index (Phi) is 3.39. The topological polar surface area (TPSA) is 53.4 Å². The Balaban J connectivity index is 2.19. The SMILES string of the molecule is COC(=N)C1c2ccccc2C(=O)N1c1ccccc1Cl. The average molecular weight is 301 g/mol. The van der Waals surface area contributed by atoms with Gasteiger partial charge in [-0.25, -0.2) is 0 Å². The molecule has 1 N–H and O–H groups in total. The van der Waals surface area contributed by atoms with Crippen LogP contribution in [0.1, 0.15) is 22.0 Å². The van der Waals surface area contributed by atoms with Crippen molar-refractivity contribution in [3.8, 4) is 0 Å². The Morgan fingerprint density at radius 3 is 2.57 bits per heavy atom. The quantitative estimate of drug-likeness (QED) is 0.679. The van der Waals surface area contributed by atoms with Crippen LogP contribution in [0.4, 0.5) is 5.69 Å². The van der Waals surface area contributed by atoms with E-state index in [1.54, 1.807) is 30.3 Å². The number of benzene rings is 2. The van der Waals surface area contributed by atoms with Gasteiger partial charge >= 0.3 is 0 Å². The normalized spacial score (nSPS) is 16.8. The molecule has 1 unspecified atom stereocenters. The van der Waals surface area contributed by atoms with Crippen molar-refractivity contribution in [3.63, 3.8) is 0 Å². The highest BCUT2D eigenvalue weighted by molar-refractivity contribution is 6.34. The number of halogens is 1. The van der Waals surface area contributed by atoms with E-state index in [0.29, 0.717) is 16.3 Å². The van der Waals surface area contributed by atoms with Gasteiger partial charge in [0.1, 0.15) is 6.04 Å². The van der Waals surface area contributed by atoms with Gasteiger partial charge in [-0.05, 0) is 23.8 Å². The van der Waals surface area contributed by atoms with Gasteiger partial charge in [-0.15, -0.1) is 0 Å². The molecule has 5 heteroatoms. The van der Waals surface area contributed by atoms with E-state index in [0.717, 1.165) is 5.56 Å². The smallest absolute Gasteiger partial charge is 0.259 e. The molecule has 1 aliphatic heterocycles. The zero-order valence-corrected chi connectivity index (χ0v) is 12.1. The third-order valence-corrected chi connectivity index (χ3v) is 3.86. The summed E-state index contributed by atoms with van der Waals surface area (Å²) in [4.78, 5) is 14.2. The van der Waals surface area contributed by atoms with Gasteiger partial charge in [-0.3, -0.25) is 15.1 Å². The molecular weight excluding hydrogens is 288 g/mol. The molecule has 0 aromatic heterocycles. The van der Waals surface area contributed by atoms with E-state index in [-0.39, 0.29) is 11.8 Å². The summed E-state index contributed by atoms with van der Waals surface area (Å²) >= 11 is 6.22. The molecule has 0 fully saturated rings. The molecule has 106 valence electrons. The minimum Gasteiger partial charge on any atom is -0.483 e. The molecule has 1 atom stereocenters. The standard InChI is InChI=1S/C16H13ClN2O2/c1-21-15(18)14-10-6-2-3-7-11(10)16(20)19(14)13-9-5-4-8-12(13)17/h2-9,14,18H,1H3. The number of anilines is 1. The number of hydrogen-bond acceptors (Lipinski definition) is 3. The highest BCUT2D eigenvalue weighted by atomic mass is 35.5. The van der Waals surface area contributed by atoms with Crippen LogP contribution < -0.4 is 4.90 Å². The minimum absolute atomic E-state index is 0.00761. The van der Waals surface area contributed by atoms with Gasteiger partial charge in [0, 0.05) is 5.56 Å².